The number of aryl methyl sites for hydroxylation is 1. The molecule has 0 amide bonds. The number of aromatic nitrogens is 2. The summed E-state index contributed by atoms with van der Waals surface area (Å²) in [6, 6.07) is 0. The third-order valence-electron chi connectivity index (χ3n) is 1.73. The number of H-pyrrole nitrogens is 1. The highest BCUT2D eigenvalue weighted by Crippen LogP contribution is 2.15. The molecule has 0 aromatic carbocycles. The SMILES string of the molecule is CCCCCc1cn[nH]c1[O]. The van der Waals surface area contributed by atoms with Crippen molar-refractivity contribution in [3.8, 4) is 5.88 Å². The van der Waals surface area contributed by atoms with E-state index < -0.39 is 0 Å². The Balaban J connectivity index is 2.32. The van der Waals surface area contributed by atoms with E-state index >= 15 is 0 Å². The van der Waals surface area contributed by atoms with Crippen LogP contribution < -0.4 is 0 Å². The van der Waals surface area contributed by atoms with E-state index in [0.717, 1.165) is 18.4 Å². The molecule has 0 atom stereocenters. The molecule has 0 bridgehead atoms. The Morgan fingerprint density at radius 1 is 1.55 bits per heavy atom. The smallest absolute Gasteiger partial charge is 0.268 e. The normalized spacial score (nSPS) is 10.3. The molecule has 3 heteroatoms. The first-order chi connectivity index (χ1) is 5.34. The molecule has 0 aliphatic heterocycles. The van der Waals surface area contributed by atoms with E-state index in [2.05, 4.69) is 17.1 Å². The molecule has 1 N–H and O–H groups in total. The van der Waals surface area contributed by atoms with Crippen LogP contribution in [-0.2, 0) is 11.5 Å². The number of unbranched alkanes of at least 4 members (excludes halogenated alkanes) is 2. The average Bonchev–Trinajstić information content (AvgIpc) is 2.37. The van der Waals surface area contributed by atoms with E-state index in [9.17, 15) is 5.11 Å². The van der Waals surface area contributed by atoms with Crippen LogP contribution in [-0.4, -0.2) is 10.2 Å². The van der Waals surface area contributed by atoms with Gasteiger partial charge in [-0.15, -0.1) is 0 Å². The van der Waals surface area contributed by atoms with Gasteiger partial charge in [-0.3, -0.25) is 5.11 Å². The van der Waals surface area contributed by atoms with Crippen LogP contribution in [0.2, 0.25) is 0 Å². The molecular formula is C8H13N2O. The van der Waals surface area contributed by atoms with Gasteiger partial charge in [-0.25, -0.2) is 5.10 Å². The molecule has 0 aliphatic rings. The molecule has 0 saturated carbocycles. The maximum absolute atomic E-state index is 10.9. The van der Waals surface area contributed by atoms with Gasteiger partial charge in [0, 0.05) is 5.56 Å². The third-order valence-corrected chi connectivity index (χ3v) is 1.73. The summed E-state index contributed by atoms with van der Waals surface area (Å²) < 4.78 is 0. The highest BCUT2D eigenvalue weighted by atomic mass is 16.3. The van der Waals surface area contributed by atoms with Crippen molar-refractivity contribution in [1.82, 2.24) is 10.2 Å². The largest absolute Gasteiger partial charge is 0.268 e. The summed E-state index contributed by atoms with van der Waals surface area (Å²) >= 11 is 0. The summed E-state index contributed by atoms with van der Waals surface area (Å²) in [5, 5.41) is 16.9. The lowest BCUT2D eigenvalue weighted by Crippen LogP contribution is -1.81. The van der Waals surface area contributed by atoms with E-state index in [1.165, 1.54) is 12.8 Å². The molecule has 1 heterocycles. The zero-order chi connectivity index (χ0) is 8.10. The number of hydrogen-bond acceptors (Lipinski definition) is 1. The van der Waals surface area contributed by atoms with Crippen molar-refractivity contribution in [3.63, 3.8) is 0 Å². The molecule has 3 nitrogen and oxygen atoms in total. The molecule has 1 rings (SSSR count). The van der Waals surface area contributed by atoms with Gasteiger partial charge in [-0.1, -0.05) is 19.8 Å². The lowest BCUT2D eigenvalue weighted by atomic mass is 10.1. The maximum atomic E-state index is 10.9. The second-order valence-corrected chi connectivity index (χ2v) is 2.68. The van der Waals surface area contributed by atoms with Gasteiger partial charge in [-0.05, 0) is 12.8 Å². The summed E-state index contributed by atoms with van der Waals surface area (Å²) in [6.45, 7) is 2.15. The van der Waals surface area contributed by atoms with Gasteiger partial charge >= 0.3 is 0 Å². The molecular weight excluding hydrogens is 140 g/mol. The van der Waals surface area contributed by atoms with Crippen LogP contribution in [0.5, 0.6) is 5.88 Å². The van der Waals surface area contributed by atoms with E-state index in [4.69, 9.17) is 0 Å². The topological polar surface area (TPSA) is 48.6 Å². The first-order valence-corrected chi connectivity index (χ1v) is 4.04. The Kier molecular flexibility index (Phi) is 2.95. The highest BCUT2D eigenvalue weighted by molar-refractivity contribution is 5.20. The van der Waals surface area contributed by atoms with E-state index in [-0.39, 0.29) is 5.88 Å². The van der Waals surface area contributed by atoms with Crippen LogP contribution >= 0.6 is 0 Å². The van der Waals surface area contributed by atoms with Crippen LogP contribution in [0, 0.1) is 0 Å². The van der Waals surface area contributed by atoms with Crippen molar-refractivity contribution in [2.45, 2.75) is 32.6 Å². The standard InChI is InChI=1S/C8H13N2O/c1-2-3-4-5-7-6-9-10-8(7)11/h6H,2-5H2,1H3,(H,9,10). The van der Waals surface area contributed by atoms with Crippen LogP contribution in [0.1, 0.15) is 31.7 Å². The van der Waals surface area contributed by atoms with Gasteiger partial charge in [-0.2, -0.15) is 5.10 Å². The maximum Gasteiger partial charge on any atom is 0.268 e. The minimum Gasteiger partial charge on any atom is -0.268 e. The molecule has 11 heavy (non-hydrogen) atoms. The minimum atomic E-state index is -0.0268. The number of rotatable bonds is 4. The lowest BCUT2D eigenvalue weighted by Gasteiger charge is -1.93. The highest BCUT2D eigenvalue weighted by Gasteiger charge is 2.02. The van der Waals surface area contributed by atoms with E-state index in [0.29, 0.717) is 0 Å². The molecule has 0 fully saturated rings. The average molecular weight is 153 g/mol. The number of nitrogens with zero attached hydrogens (tertiary/aromatic N) is 1. The summed E-state index contributed by atoms with van der Waals surface area (Å²) in [7, 11) is 0. The van der Waals surface area contributed by atoms with Crippen molar-refractivity contribution in [2.24, 2.45) is 0 Å². The molecule has 0 spiro atoms. The van der Waals surface area contributed by atoms with Crippen LogP contribution in [0.25, 0.3) is 0 Å². The van der Waals surface area contributed by atoms with Crippen LogP contribution in [0.3, 0.4) is 0 Å². The van der Waals surface area contributed by atoms with Crippen molar-refractivity contribution in [3.05, 3.63) is 11.8 Å². The monoisotopic (exact) mass is 153 g/mol. The fourth-order valence-electron chi connectivity index (χ4n) is 1.04. The van der Waals surface area contributed by atoms with Crippen molar-refractivity contribution in [2.75, 3.05) is 0 Å². The predicted molar refractivity (Wildman–Crippen MR) is 41.9 cm³/mol. The number of aromatic amines is 1. The molecule has 1 aromatic rings. The van der Waals surface area contributed by atoms with Gasteiger partial charge in [0.15, 0.2) is 0 Å². The van der Waals surface area contributed by atoms with Crippen LogP contribution in [0.4, 0.5) is 0 Å². The summed E-state index contributed by atoms with van der Waals surface area (Å²) in [6.07, 6.45) is 5.95. The Morgan fingerprint density at radius 2 is 2.36 bits per heavy atom. The zero-order valence-corrected chi connectivity index (χ0v) is 6.76. The number of nitrogens with one attached hydrogen (secondary N) is 1. The summed E-state index contributed by atoms with van der Waals surface area (Å²) in [5.41, 5.74) is 0.818. The molecule has 0 aliphatic carbocycles. The first-order valence-electron chi connectivity index (χ1n) is 4.04. The van der Waals surface area contributed by atoms with E-state index in [1.54, 1.807) is 6.20 Å². The fraction of sp³-hybridized carbons (Fsp3) is 0.625. The van der Waals surface area contributed by atoms with Gasteiger partial charge in [0.2, 0.25) is 0 Å². The van der Waals surface area contributed by atoms with Gasteiger partial charge in [0.05, 0.1) is 6.20 Å². The van der Waals surface area contributed by atoms with Gasteiger partial charge in [0.1, 0.15) is 0 Å². The van der Waals surface area contributed by atoms with E-state index in [1.807, 2.05) is 0 Å². The number of hydrogen-bond donors (Lipinski definition) is 1. The summed E-state index contributed by atoms with van der Waals surface area (Å²) in [4.78, 5) is 0. The van der Waals surface area contributed by atoms with Crippen molar-refractivity contribution < 1.29 is 5.11 Å². The quantitative estimate of drug-likeness (QED) is 0.663. The summed E-state index contributed by atoms with van der Waals surface area (Å²) in [5.74, 6) is -0.0268. The van der Waals surface area contributed by atoms with Crippen molar-refractivity contribution >= 4 is 0 Å². The Bertz CT molecular complexity index is 208. The predicted octanol–water partition coefficient (Wildman–Crippen LogP) is 2.29. The second kappa shape index (κ2) is 4.01. The molecule has 1 radical (unpaired) electrons. The van der Waals surface area contributed by atoms with Crippen LogP contribution in [0.15, 0.2) is 6.20 Å². The molecule has 61 valence electrons. The minimum absolute atomic E-state index is 0.0268. The second-order valence-electron chi connectivity index (χ2n) is 2.68. The molecule has 0 saturated heterocycles. The lowest BCUT2D eigenvalue weighted by molar-refractivity contribution is 0.332. The third kappa shape index (κ3) is 2.26. The van der Waals surface area contributed by atoms with Gasteiger partial charge in [0.25, 0.3) is 5.88 Å². The van der Waals surface area contributed by atoms with Crippen molar-refractivity contribution in [1.29, 1.82) is 0 Å². The first kappa shape index (κ1) is 8.11. The Labute approximate surface area is 66.4 Å². The molecule has 1 aromatic heterocycles. The fourth-order valence-corrected chi connectivity index (χ4v) is 1.04. The molecule has 0 unspecified atom stereocenters. The zero-order valence-electron chi connectivity index (χ0n) is 6.76. The Morgan fingerprint density at radius 3 is 2.91 bits per heavy atom. The Hall–Kier alpha value is -0.990. The van der Waals surface area contributed by atoms with Gasteiger partial charge < -0.3 is 0 Å².